The highest BCUT2D eigenvalue weighted by molar-refractivity contribution is 5.45. The Morgan fingerprint density at radius 1 is 1.26 bits per heavy atom. The number of hydrogen-bond donors (Lipinski definition) is 1. The summed E-state index contributed by atoms with van der Waals surface area (Å²) >= 11 is 0. The third-order valence-corrected chi connectivity index (χ3v) is 3.64. The molecule has 1 unspecified atom stereocenters. The molecule has 0 amide bonds. The largest absolute Gasteiger partial charge is 0.487 e. The maximum absolute atomic E-state index is 6.10. The van der Waals surface area contributed by atoms with Gasteiger partial charge in [-0.05, 0) is 38.7 Å². The van der Waals surface area contributed by atoms with Crippen LogP contribution in [0.4, 0.5) is 0 Å². The molecule has 0 saturated carbocycles. The molecule has 0 aromatic heterocycles. The number of para-hydroxylation sites is 1. The van der Waals surface area contributed by atoms with Crippen molar-refractivity contribution in [2.24, 2.45) is 5.92 Å². The minimum Gasteiger partial charge on any atom is -0.487 e. The molecule has 1 aliphatic rings. The third kappa shape index (κ3) is 3.73. The van der Waals surface area contributed by atoms with Crippen LogP contribution in [0.3, 0.4) is 0 Å². The van der Waals surface area contributed by atoms with E-state index in [1.54, 1.807) is 0 Å². The van der Waals surface area contributed by atoms with E-state index in [1.165, 1.54) is 17.5 Å². The summed E-state index contributed by atoms with van der Waals surface area (Å²) in [5.41, 5.74) is 2.58. The first-order valence-corrected chi connectivity index (χ1v) is 7.40. The minimum absolute atomic E-state index is 0.0536. The van der Waals surface area contributed by atoms with E-state index in [1.807, 2.05) is 0 Å². The van der Waals surface area contributed by atoms with Crippen molar-refractivity contribution in [3.8, 4) is 5.75 Å². The molecule has 1 aromatic rings. The molecule has 0 spiro atoms. The van der Waals surface area contributed by atoms with E-state index in [0.717, 1.165) is 24.6 Å². The Morgan fingerprint density at radius 2 is 2.00 bits per heavy atom. The Bertz CT molecular complexity index is 437. The van der Waals surface area contributed by atoms with Crippen LogP contribution >= 0.6 is 0 Å². The van der Waals surface area contributed by atoms with Gasteiger partial charge in [-0.15, -0.1) is 0 Å². The van der Waals surface area contributed by atoms with E-state index in [-0.39, 0.29) is 5.60 Å². The van der Waals surface area contributed by atoms with E-state index in [4.69, 9.17) is 4.74 Å². The van der Waals surface area contributed by atoms with Crippen molar-refractivity contribution < 1.29 is 4.74 Å². The number of hydrogen-bond acceptors (Lipinski definition) is 2. The second-order valence-corrected chi connectivity index (χ2v) is 6.86. The van der Waals surface area contributed by atoms with Gasteiger partial charge in [0.2, 0.25) is 0 Å². The normalized spacial score (nSPS) is 18.2. The van der Waals surface area contributed by atoms with E-state index in [2.05, 4.69) is 58.1 Å². The summed E-state index contributed by atoms with van der Waals surface area (Å²) in [6.07, 6.45) is 2.22. The maximum Gasteiger partial charge on any atom is 0.127 e. The zero-order chi connectivity index (χ0) is 14.0. The van der Waals surface area contributed by atoms with Crippen LogP contribution in [0.2, 0.25) is 0 Å². The fourth-order valence-electron chi connectivity index (χ4n) is 2.89. The number of ether oxygens (including phenoxy) is 1. The number of benzene rings is 1. The summed E-state index contributed by atoms with van der Waals surface area (Å²) in [5.74, 6) is 1.84. The van der Waals surface area contributed by atoms with Gasteiger partial charge in [0.25, 0.3) is 0 Å². The molecular weight excluding hydrogens is 234 g/mol. The molecule has 0 saturated heterocycles. The van der Waals surface area contributed by atoms with Crippen molar-refractivity contribution in [3.63, 3.8) is 0 Å². The predicted octanol–water partition coefficient (Wildman–Crippen LogP) is 3.92. The van der Waals surface area contributed by atoms with Gasteiger partial charge in [0.1, 0.15) is 11.4 Å². The first kappa shape index (κ1) is 14.4. The Labute approximate surface area is 117 Å². The van der Waals surface area contributed by atoms with Crippen LogP contribution < -0.4 is 10.1 Å². The molecule has 2 nitrogen and oxygen atoms in total. The second kappa shape index (κ2) is 5.54. The topological polar surface area (TPSA) is 21.3 Å². The van der Waals surface area contributed by atoms with Crippen LogP contribution in [0.1, 0.15) is 52.2 Å². The Morgan fingerprint density at radius 3 is 2.68 bits per heavy atom. The number of nitrogens with one attached hydrogen (secondary N) is 1. The summed E-state index contributed by atoms with van der Waals surface area (Å²) in [6, 6.07) is 7.05. The monoisotopic (exact) mass is 261 g/mol. The van der Waals surface area contributed by atoms with Gasteiger partial charge in [0.15, 0.2) is 0 Å². The van der Waals surface area contributed by atoms with Gasteiger partial charge < -0.3 is 10.1 Å². The first-order valence-electron chi connectivity index (χ1n) is 7.40. The van der Waals surface area contributed by atoms with Crippen molar-refractivity contribution in [1.82, 2.24) is 5.32 Å². The van der Waals surface area contributed by atoms with Crippen molar-refractivity contribution in [2.75, 3.05) is 0 Å². The van der Waals surface area contributed by atoms with E-state index >= 15 is 0 Å². The van der Waals surface area contributed by atoms with Gasteiger partial charge in [0.05, 0.1) is 0 Å². The SMILES string of the molecule is CC(C)CC(C)NCc1cccc2c1OC(C)(C)C2. The molecule has 2 heteroatoms. The molecule has 0 bridgehead atoms. The number of fused-ring (bicyclic) bond motifs is 1. The summed E-state index contributed by atoms with van der Waals surface area (Å²) in [5, 5.41) is 3.61. The average Bonchev–Trinajstić information content (AvgIpc) is 2.59. The Kier molecular flexibility index (Phi) is 4.19. The van der Waals surface area contributed by atoms with Gasteiger partial charge in [0, 0.05) is 24.6 Å². The van der Waals surface area contributed by atoms with Gasteiger partial charge in [-0.25, -0.2) is 0 Å². The standard InChI is InChI=1S/C17H27NO/c1-12(2)9-13(3)18-11-15-8-6-7-14-10-17(4,5)19-16(14)15/h6-8,12-13,18H,9-11H2,1-5H3. The highest BCUT2D eigenvalue weighted by Gasteiger charge is 2.31. The molecular formula is C17H27NO. The molecule has 0 aliphatic carbocycles. The lowest BCUT2D eigenvalue weighted by atomic mass is 10.0. The zero-order valence-electron chi connectivity index (χ0n) is 12.9. The van der Waals surface area contributed by atoms with Crippen LogP contribution in [-0.2, 0) is 13.0 Å². The minimum atomic E-state index is -0.0536. The molecule has 1 heterocycles. The van der Waals surface area contributed by atoms with Gasteiger partial charge in [-0.2, -0.15) is 0 Å². The quantitative estimate of drug-likeness (QED) is 0.867. The Hall–Kier alpha value is -1.02. The lowest BCUT2D eigenvalue weighted by molar-refractivity contribution is 0.137. The smallest absolute Gasteiger partial charge is 0.127 e. The molecule has 19 heavy (non-hydrogen) atoms. The molecule has 0 radical (unpaired) electrons. The molecule has 1 atom stereocenters. The lowest BCUT2D eigenvalue weighted by Crippen LogP contribution is -2.27. The van der Waals surface area contributed by atoms with Crippen LogP contribution in [0.15, 0.2) is 18.2 Å². The van der Waals surface area contributed by atoms with E-state index < -0.39 is 0 Å². The summed E-state index contributed by atoms with van der Waals surface area (Å²) in [7, 11) is 0. The van der Waals surface area contributed by atoms with E-state index in [9.17, 15) is 0 Å². The fraction of sp³-hybridized carbons (Fsp3) is 0.647. The molecule has 106 valence electrons. The van der Waals surface area contributed by atoms with E-state index in [0.29, 0.717) is 6.04 Å². The zero-order valence-corrected chi connectivity index (χ0v) is 12.9. The lowest BCUT2D eigenvalue weighted by Gasteiger charge is -2.20. The molecule has 1 aliphatic heterocycles. The average molecular weight is 261 g/mol. The number of rotatable bonds is 5. The molecule has 1 aromatic carbocycles. The highest BCUT2D eigenvalue weighted by atomic mass is 16.5. The van der Waals surface area contributed by atoms with Crippen LogP contribution in [-0.4, -0.2) is 11.6 Å². The van der Waals surface area contributed by atoms with Crippen molar-refractivity contribution in [1.29, 1.82) is 0 Å². The van der Waals surface area contributed by atoms with Crippen LogP contribution in [0.25, 0.3) is 0 Å². The predicted molar refractivity (Wildman–Crippen MR) is 80.6 cm³/mol. The first-order chi connectivity index (χ1) is 8.87. The van der Waals surface area contributed by atoms with Crippen LogP contribution in [0, 0.1) is 5.92 Å². The van der Waals surface area contributed by atoms with Crippen molar-refractivity contribution >= 4 is 0 Å². The summed E-state index contributed by atoms with van der Waals surface area (Å²) in [6.45, 7) is 12.0. The summed E-state index contributed by atoms with van der Waals surface area (Å²) < 4.78 is 6.10. The van der Waals surface area contributed by atoms with Gasteiger partial charge >= 0.3 is 0 Å². The molecule has 2 rings (SSSR count). The third-order valence-electron chi connectivity index (χ3n) is 3.64. The van der Waals surface area contributed by atoms with Gasteiger partial charge in [-0.3, -0.25) is 0 Å². The highest BCUT2D eigenvalue weighted by Crippen LogP contribution is 2.37. The van der Waals surface area contributed by atoms with Crippen molar-refractivity contribution in [3.05, 3.63) is 29.3 Å². The fourth-order valence-corrected chi connectivity index (χ4v) is 2.89. The van der Waals surface area contributed by atoms with Crippen LogP contribution in [0.5, 0.6) is 5.75 Å². The summed E-state index contributed by atoms with van der Waals surface area (Å²) in [4.78, 5) is 0. The van der Waals surface area contributed by atoms with Gasteiger partial charge in [-0.1, -0.05) is 32.0 Å². The van der Waals surface area contributed by atoms with Crippen molar-refractivity contribution in [2.45, 2.75) is 65.6 Å². The Balaban J connectivity index is 2.01. The second-order valence-electron chi connectivity index (χ2n) is 6.86. The maximum atomic E-state index is 6.10. The molecule has 0 fully saturated rings. The molecule has 1 N–H and O–H groups in total.